The van der Waals surface area contributed by atoms with E-state index < -0.39 is 5.60 Å². The average Bonchev–Trinajstić information content (AvgIpc) is 2.61. The number of guanidine groups is 1. The van der Waals surface area contributed by atoms with E-state index in [0.717, 1.165) is 30.9 Å². The summed E-state index contributed by atoms with van der Waals surface area (Å²) in [6.07, 6.45) is 1.31. The summed E-state index contributed by atoms with van der Waals surface area (Å²) < 4.78 is 11.2. The summed E-state index contributed by atoms with van der Waals surface area (Å²) in [7, 11) is 0. The van der Waals surface area contributed by atoms with Crippen LogP contribution in [0, 0.1) is 0 Å². The van der Waals surface area contributed by atoms with E-state index in [1.54, 1.807) is 11.1 Å². The Labute approximate surface area is 166 Å². The molecule has 1 heterocycles. The van der Waals surface area contributed by atoms with Gasteiger partial charge in [-0.15, -0.1) is 5.10 Å². The zero-order chi connectivity index (χ0) is 20.6. The number of benzene rings is 1. The Balaban J connectivity index is 1.73. The van der Waals surface area contributed by atoms with Crippen LogP contribution in [0.4, 0.5) is 4.79 Å². The molecule has 1 aromatic carbocycles. The van der Waals surface area contributed by atoms with E-state index in [2.05, 4.69) is 15.1 Å². The van der Waals surface area contributed by atoms with Crippen molar-refractivity contribution >= 4 is 18.3 Å². The standard InChI is InChI=1S/C19H30N6O3/c1-19(2,3)28-18(26)25-9-7-24(8-10-25)11-12-27-16-6-4-5-15(13-16)14-22-23-17(20)21/h4-6,13-14H,7-12H2,1-3H3,(H4,20,21,23). The van der Waals surface area contributed by atoms with Crippen LogP contribution in [0.1, 0.15) is 26.3 Å². The highest BCUT2D eigenvalue weighted by atomic mass is 16.6. The summed E-state index contributed by atoms with van der Waals surface area (Å²) in [5.41, 5.74) is 10.8. The van der Waals surface area contributed by atoms with Crippen molar-refractivity contribution in [2.45, 2.75) is 26.4 Å². The monoisotopic (exact) mass is 390 g/mol. The van der Waals surface area contributed by atoms with Crippen LogP contribution in [0.25, 0.3) is 0 Å². The van der Waals surface area contributed by atoms with E-state index in [0.29, 0.717) is 19.7 Å². The number of ether oxygens (including phenoxy) is 2. The molecule has 154 valence electrons. The topological polar surface area (TPSA) is 119 Å². The predicted molar refractivity (Wildman–Crippen MR) is 110 cm³/mol. The van der Waals surface area contributed by atoms with Crippen molar-refractivity contribution in [3.8, 4) is 5.75 Å². The van der Waals surface area contributed by atoms with Gasteiger partial charge in [-0.1, -0.05) is 12.1 Å². The second-order valence-electron chi connectivity index (χ2n) is 7.50. The average molecular weight is 390 g/mol. The summed E-state index contributed by atoms with van der Waals surface area (Å²) in [6.45, 7) is 9.88. The van der Waals surface area contributed by atoms with Gasteiger partial charge in [0, 0.05) is 32.7 Å². The molecular weight excluding hydrogens is 360 g/mol. The molecule has 1 aromatic rings. The molecule has 28 heavy (non-hydrogen) atoms. The number of nitrogens with zero attached hydrogens (tertiary/aromatic N) is 4. The molecule has 0 aliphatic carbocycles. The van der Waals surface area contributed by atoms with E-state index in [1.807, 2.05) is 45.0 Å². The van der Waals surface area contributed by atoms with Gasteiger partial charge in [-0.25, -0.2) is 4.79 Å². The fourth-order valence-corrected chi connectivity index (χ4v) is 2.62. The summed E-state index contributed by atoms with van der Waals surface area (Å²) >= 11 is 0. The van der Waals surface area contributed by atoms with Crippen LogP contribution in [0.5, 0.6) is 5.75 Å². The van der Waals surface area contributed by atoms with Gasteiger partial charge in [-0.2, -0.15) is 5.10 Å². The zero-order valence-corrected chi connectivity index (χ0v) is 16.8. The van der Waals surface area contributed by atoms with E-state index in [9.17, 15) is 4.79 Å². The number of piperazine rings is 1. The van der Waals surface area contributed by atoms with Crippen LogP contribution in [0.3, 0.4) is 0 Å². The SMILES string of the molecule is CC(C)(C)OC(=O)N1CCN(CCOc2cccc(C=NN=C(N)N)c2)CC1. The number of hydrogen-bond acceptors (Lipinski definition) is 6. The minimum absolute atomic E-state index is 0.0876. The molecule has 9 nitrogen and oxygen atoms in total. The first-order valence-electron chi connectivity index (χ1n) is 9.28. The molecule has 2 rings (SSSR count). The summed E-state index contributed by atoms with van der Waals surface area (Å²) in [5, 5.41) is 7.35. The summed E-state index contributed by atoms with van der Waals surface area (Å²) in [4.78, 5) is 16.1. The Morgan fingerprint density at radius 1 is 1.21 bits per heavy atom. The highest BCUT2D eigenvalue weighted by Gasteiger charge is 2.25. The molecule has 1 aliphatic rings. The summed E-state index contributed by atoms with van der Waals surface area (Å²) in [5.74, 6) is 0.663. The molecule has 0 atom stereocenters. The van der Waals surface area contributed by atoms with Crippen LogP contribution in [0.2, 0.25) is 0 Å². The molecule has 0 radical (unpaired) electrons. The van der Waals surface area contributed by atoms with E-state index in [4.69, 9.17) is 20.9 Å². The Hall–Kier alpha value is -2.81. The summed E-state index contributed by atoms with van der Waals surface area (Å²) in [6, 6.07) is 7.52. The minimum Gasteiger partial charge on any atom is -0.492 e. The lowest BCUT2D eigenvalue weighted by atomic mass is 10.2. The number of rotatable bonds is 6. The van der Waals surface area contributed by atoms with Crippen LogP contribution >= 0.6 is 0 Å². The van der Waals surface area contributed by atoms with Gasteiger partial charge in [-0.05, 0) is 38.5 Å². The molecule has 9 heteroatoms. The highest BCUT2D eigenvalue weighted by molar-refractivity contribution is 5.82. The van der Waals surface area contributed by atoms with Gasteiger partial charge in [0.2, 0.25) is 5.96 Å². The van der Waals surface area contributed by atoms with Gasteiger partial charge in [0.1, 0.15) is 18.0 Å². The van der Waals surface area contributed by atoms with Crippen molar-refractivity contribution in [3.05, 3.63) is 29.8 Å². The lowest BCUT2D eigenvalue weighted by Gasteiger charge is -2.35. The van der Waals surface area contributed by atoms with E-state index >= 15 is 0 Å². The second kappa shape index (κ2) is 9.93. The zero-order valence-electron chi connectivity index (χ0n) is 16.8. The van der Waals surface area contributed by atoms with Crippen molar-refractivity contribution in [2.75, 3.05) is 39.3 Å². The van der Waals surface area contributed by atoms with Crippen LogP contribution < -0.4 is 16.2 Å². The third kappa shape index (κ3) is 7.83. The molecule has 1 saturated heterocycles. The molecule has 0 saturated carbocycles. The Morgan fingerprint density at radius 2 is 1.93 bits per heavy atom. The lowest BCUT2D eigenvalue weighted by Crippen LogP contribution is -2.50. The smallest absolute Gasteiger partial charge is 0.410 e. The molecular formula is C19H30N6O3. The number of carbonyl (C=O) groups is 1. The first-order valence-corrected chi connectivity index (χ1v) is 9.28. The second-order valence-corrected chi connectivity index (χ2v) is 7.50. The quantitative estimate of drug-likeness (QED) is 0.428. The fourth-order valence-electron chi connectivity index (χ4n) is 2.62. The van der Waals surface area contributed by atoms with Gasteiger partial charge in [0.05, 0.1) is 6.21 Å². The molecule has 1 aliphatic heterocycles. The lowest BCUT2D eigenvalue weighted by molar-refractivity contribution is 0.0137. The van der Waals surface area contributed by atoms with E-state index in [1.165, 1.54) is 0 Å². The number of amides is 1. The number of hydrogen-bond donors (Lipinski definition) is 2. The minimum atomic E-state index is -0.468. The molecule has 0 aromatic heterocycles. The Morgan fingerprint density at radius 3 is 2.57 bits per heavy atom. The highest BCUT2D eigenvalue weighted by Crippen LogP contribution is 2.14. The van der Waals surface area contributed by atoms with Crippen molar-refractivity contribution in [1.29, 1.82) is 0 Å². The third-order valence-corrected chi connectivity index (χ3v) is 3.94. The number of nitrogens with two attached hydrogens (primary N) is 2. The maximum atomic E-state index is 12.1. The van der Waals surface area contributed by atoms with Crippen LogP contribution in [0.15, 0.2) is 34.5 Å². The van der Waals surface area contributed by atoms with Crippen molar-refractivity contribution in [2.24, 2.45) is 21.7 Å². The van der Waals surface area contributed by atoms with Gasteiger partial charge in [0.25, 0.3) is 0 Å². The van der Waals surface area contributed by atoms with Crippen LogP contribution in [-0.4, -0.2) is 73.0 Å². The molecule has 1 amide bonds. The molecule has 0 bridgehead atoms. The molecule has 1 fully saturated rings. The molecule has 0 spiro atoms. The first-order chi connectivity index (χ1) is 13.2. The fraction of sp³-hybridized carbons (Fsp3) is 0.526. The Bertz CT molecular complexity index is 702. The predicted octanol–water partition coefficient (Wildman–Crippen LogP) is 1.23. The van der Waals surface area contributed by atoms with Crippen molar-refractivity contribution in [3.63, 3.8) is 0 Å². The van der Waals surface area contributed by atoms with Crippen molar-refractivity contribution in [1.82, 2.24) is 9.80 Å². The maximum Gasteiger partial charge on any atom is 0.410 e. The van der Waals surface area contributed by atoms with Crippen molar-refractivity contribution < 1.29 is 14.3 Å². The van der Waals surface area contributed by atoms with Crippen LogP contribution in [-0.2, 0) is 4.74 Å². The van der Waals surface area contributed by atoms with Gasteiger partial charge in [-0.3, -0.25) is 4.90 Å². The third-order valence-electron chi connectivity index (χ3n) is 3.94. The van der Waals surface area contributed by atoms with Gasteiger partial charge < -0.3 is 25.8 Å². The van der Waals surface area contributed by atoms with E-state index in [-0.39, 0.29) is 12.1 Å². The largest absolute Gasteiger partial charge is 0.492 e. The Kier molecular flexibility index (Phi) is 7.62. The molecule has 4 N–H and O–H groups in total. The molecule has 0 unspecified atom stereocenters. The number of carbonyl (C=O) groups excluding carboxylic acids is 1. The maximum absolute atomic E-state index is 12.1. The normalized spacial score (nSPS) is 15.5. The van der Waals surface area contributed by atoms with Gasteiger partial charge >= 0.3 is 6.09 Å². The van der Waals surface area contributed by atoms with Gasteiger partial charge in [0.15, 0.2) is 0 Å². The first kappa shape index (κ1) is 21.5.